The molecule has 0 aromatic heterocycles. The minimum absolute atomic E-state index is 0.0122. The number of nitrogens with zero attached hydrogens (tertiary/aromatic N) is 1. The van der Waals surface area contributed by atoms with E-state index in [4.69, 9.17) is 17.4 Å². The number of aryl methyl sites for hydroxylation is 1. The van der Waals surface area contributed by atoms with Gasteiger partial charge in [0.05, 0.1) is 31.2 Å². The SMILES string of the molecule is COC(=O)C1=C2C(Nc3cccc4c(CCCO)ccc(S)c34)CCCC2C2C(C(C)O)C(=O)N12. The highest BCUT2D eigenvalue weighted by Crippen LogP contribution is 2.53. The van der Waals surface area contributed by atoms with Crippen molar-refractivity contribution < 1.29 is 24.5 Å². The second kappa shape index (κ2) is 9.48. The Bertz CT molecular complexity index is 1210. The molecule has 8 heteroatoms. The maximum atomic E-state index is 12.9. The molecule has 5 unspecified atom stereocenters. The fourth-order valence-electron chi connectivity index (χ4n) is 6.37. The molecule has 0 radical (unpaired) electrons. The summed E-state index contributed by atoms with van der Waals surface area (Å²) >= 11 is 4.75. The molecule has 1 saturated carbocycles. The van der Waals surface area contributed by atoms with Crippen molar-refractivity contribution in [2.24, 2.45) is 11.8 Å². The molecule has 2 fully saturated rings. The first-order chi connectivity index (χ1) is 16.9. The van der Waals surface area contributed by atoms with E-state index in [1.54, 1.807) is 11.8 Å². The van der Waals surface area contributed by atoms with Crippen LogP contribution in [-0.4, -0.2) is 58.9 Å². The summed E-state index contributed by atoms with van der Waals surface area (Å²) < 4.78 is 5.11. The van der Waals surface area contributed by atoms with Gasteiger partial charge in [0.25, 0.3) is 0 Å². The van der Waals surface area contributed by atoms with Crippen molar-refractivity contribution in [3.63, 3.8) is 0 Å². The number of fused-ring (bicyclic) bond motifs is 4. The first kappa shape index (κ1) is 24.2. The lowest BCUT2D eigenvalue weighted by Gasteiger charge is -2.47. The number of hydrogen-bond acceptors (Lipinski definition) is 7. The number of esters is 1. The quantitative estimate of drug-likeness (QED) is 0.267. The van der Waals surface area contributed by atoms with Gasteiger partial charge in [0.2, 0.25) is 5.91 Å². The Morgan fingerprint density at radius 1 is 1.29 bits per heavy atom. The molecule has 186 valence electrons. The summed E-state index contributed by atoms with van der Waals surface area (Å²) in [6.07, 6.45) is 3.33. The molecule has 1 saturated heterocycles. The first-order valence-corrected chi connectivity index (χ1v) is 12.8. The van der Waals surface area contributed by atoms with Gasteiger partial charge in [0.1, 0.15) is 5.70 Å². The van der Waals surface area contributed by atoms with Crippen LogP contribution in [0.5, 0.6) is 0 Å². The number of thiol groups is 1. The standard InChI is InChI=1S/C27H32N2O5S/c1-14(31)21-24-17-8-4-10-19(23(17)25(27(33)34-2)29(24)26(21)32)28-18-9-3-7-16-15(6-5-13-30)11-12-20(35)22(16)18/h3,7,9,11-12,14,17,19,21,24,28,30-31,35H,4-6,8,10,13H2,1-2H3. The average molecular weight is 497 g/mol. The number of aliphatic hydroxyl groups excluding tert-OH is 2. The van der Waals surface area contributed by atoms with E-state index in [0.717, 1.165) is 58.2 Å². The Morgan fingerprint density at radius 2 is 2.09 bits per heavy atom. The summed E-state index contributed by atoms with van der Waals surface area (Å²) in [5, 5.41) is 25.4. The van der Waals surface area contributed by atoms with Gasteiger partial charge in [-0.1, -0.05) is 24.6 Å². The van der Waals surface area contributed by atoms with E-state index in [1.807, 2.05) is 18.2 Å². The van der Waals surface area contributed by atoms with Crippen molar-refractivity contribution in [2.75, 3.05) is 19.0 Å². The fraction of sp³-hybridized carbons (Fsp3) is 0.481. The van der Waals surface area contributed by atoms with E-state index >= 15 is 0 Å². The fourth-order valence-corrected chi connectivity index (χ4v) is 6.68. The van der Waals surface area contributed by atoms with Crippen LogP contribution in [0.1, 0.15) is 38.2 Å². The van der Waals surface area contributed by atoms with Crippen LogP contribution in [0.15, 0.2) is 46.5 Å². The van der Waals surface area contributed by atoms with Gasteiger partial charge in [-0.2, -0.15) is 0 Å². The molecule has 5 rings (SSSR count). The zero-order valence-electron chi connectivity index (χ0n) is 20.0. The number of ether oxygens (including phenoxy) is 1. The number of rotatable bonds is 7. The van der Waals surface area contributed by atoms with Gasteiger partial charge in [0.15, 0.2) is 0 Å². The predicted octanol–water partition coefficient (Wildman–Crippen LogP) is 3.28. The molecule has 2 aromatic rings. The Hall–Kier alpha value is -2.55. The largest absolute Gasteiger partial charge is 0.464 e. The molecule has 1 amide bonds. The van der Waals surface area contributed by atoms with E-state index in [-0.39, 0.29) is 30.5 Å². The molecular formula is C27H32N2O5S. The zero-order valence-corrected chi connectivity index (χ0v) is 20.9. The lowest BCUT2D eigenvalue weighted by atomic mass is 9.71. The lowest BCUT2D eigenvalue weighted by molar-refractivity contribution is -0.164. The number of amides is 1. The highest BCUT2D eigenvalue weighted by Gasteiger charge is 2.62. The highest BCUT2D eigenvalue weighted by atomic mass is 32.1. The summed E-state index contributed by atoms with van der Waals surface area (Å²) in [6.45, 7) is 1.78. The molecular weight excluding hydrogens is 464 g/mol. The topological polar surface area (TPSA) is 99.1 Å². The molecule has 2 heterocycles. The minimum Gasteiger partial charge on any atom is -0.464 e. The normalized spacial score (nSPS) is 26.3. The summed E-state index contributed by atoms with van der Waals surface area (Å²) in [6, 6.07) is 9.80. The van der Waals surface area contributed by atoms with Crippen molar-refractivity contribution in [1.82, 2.24) is 4.90 Å². The van der Waals surface area contributed by atoms with Crippen molar-refractivity contribution in [2.45, 2.75) is 62.1 Å². The summed E-state index contributed by atoms with van der Waals surface area (Å²) in [5.74, 6) is -1.19. The van der Waals surface area contributed by atoms with Crippen LogP contribution in [0.4, 0.5) is 5.69 Å². The highest BCUT2D eigenvalue weighted by molar-refractivity contribution is 7.80. The van der Waals surface area contributed by atoms with Gasteiger partial charge < -0.3 is 25.2 Å². The van der Waals surface area contributed by atoms with Crippen LogP contribution in [-0.2, 0) is 20.7 Å². The molecule has 7 nitrogen and oxygen atoms in total. The molecule has 0 spiro atoms. The number of carbonyl (C=O) groups excluding carboxylic acids is 2. The van der Waals surface area contributed by atoms with E-state index in [0.29, 0.717) is 12.1 Å². The predicted molar refractivity (Wildman–Crippen MR) is 136 cm³/mol. The Balaban J connectivity index is 1.56. The third kappa shape index (κ3) is 3.82. The maximum Gasteiger partial charge on any atom is 0.354 e. The van der Waals surface area contributed by atoms with Gasteiger partial charge in [-0.15, -0.1) is 12.6 Å². The van der Waals surface area contributed by atoms with Gasteiger partial charge in [-0.3, -0.25) is 4.79 Å². The molecule has 35 heavy (non-hydrogen) atoms. The number of carbonyl (C=O) groups is 2. The number of methoxy groups -OCH3 is 1. The van der Waals surface area contributed by atoms with Gasteiger partial charge in [-0.25, -0.2) is 4.79 Å². The Labute approximate surface area is 210 Å². The Kier molecular flexibility index (Phi) is 6.55. The van der Waals surface area contributed by atoms with Crippen LogP contribution >= 0.6 is 12.6 Å². The molecule has 3 aliphatic rings. The van der Waals surface area contributed by atoms with Crippen LogP contribution < -0.4 is 5.32 Å². The minimum atomic E-state index is -0.766. The summed E-state index contributed by atoms with van der Waals surface area (Å²) in [7, 11) is 1.34. The summed E-state index contributed by atoms with van der Waals surface area (Å²) in [5.41, 5.74) is 3.34. The third-order valence-electron chi connectivity index (χ3n) is 7.84. The molecule has 5 atom stereocenters. The van der Waals surface area contributed by atoms with Crippen molar-refractivity contribution in [1.29, 1.82) is 0 Å². The summed E-state index contributed by atoms with van der Waals surface area (Å²) in [4.78, 5) is 28.3. The van der Waals surface area contributed by atoms with Crippen molar-refractivity contribution >= 4 is 41.0 Å². The Morgan fingerprint density at radius 3 is 2.80 bits per heavy atom. The monoisotopic (exact) mass is 496 g/mol. The third-order valence-corrected chi connectivity index (χ3v) is 8.21. The van der Waals surface area contributed by atoms with E-state index in [1.165, 1.54) is 7.11 Å². The number of hydrogen-bond donors (Lipinski definition) is 4. The number of anilines is 1. The zero-order chi connectivity index (χ0) is 24.9. The van der Waals surface area contributed by atoms with Crippen LogP contribution in [0.2, 0.25) is 0 Å². The average Bonchev–Trinajstić information content (AvgIpc) is 3.14. The lowest BCUT2D eigenvalue weighted by Crippen LogP contribution is -2.64. The first-order valence-electron chi connectivity index (χ1n) is 12.3. The number of benzene rings is 2. The molecule has 3 N–H and O–H groups in total. The second-order valence-electron chi connectivity index (χ2n) is 9.79. The maximum absolute atomic E-state index is 12.9. The van der Waals surface area contributed by atoms with Crippen LogP contribution in [0.25, 0.3) is 10.8 Å². The van der Waals surface area contributed by atoms with Crippen molar-refractivity contribution in [3.8, 4) is 0 Å². The van der Waals surface area contributed by atoms with Gasteiger partial charge in [-0.05, 0) is 61.3 Å². The van der Waals surface area contributed by atoms with Gasteiger partial charge >= 0.3 is 5.97 Å². The van der Waals surface area contributed by atoms with Crippen molar-refractivity contribution in [3.05, 3.63) is 47.2 Å². The number of aliphatic hydroxyl groups is 2. The number of β-lactam (4-membered cyclic amide) rings is 1. The second-order valence-corrected chi connectivity index (χ2v) is 10.3. The van der Waals surface area contributed by atoms with E-state index in [2.05, 4.69) is 17.4 Å². The smallest absolute Gasteiger partial charge is 0.354 e. The van der Waals surface area contributed by atoms with E-state index < -0.39 is 18.0 Å². The number of nitrogens with one attached hydrogen (secondary N) is 1. The van der Waals surface area contributed by atoms with Crippen LogP contribution in [0.3, 0.4) is 0 Å². The molecule has 1 aliphatic carbocycles. The van der Waals surface area contributed by atoms with E-state index in [9.17, 15) is 19.8 Å². The van der Waals surface area contributed by atoms with Crippen LogP contribution in [0, 0.1) is 11.8 Å². The van der Waals surface area contributed by atoms with Gasteiger partial charge in [0, 0.05) is 28.5 Å². The molecule has 2 aromatic carbocycles. The molecule has 0 bridgehead atoms. The molecule has 2 aliphatic heterocycles.